The number of benzene rings is 1. The summed E-state index contributed by atoms with van der Waals surface area (Å²) in [5.41, 5.74) is 2.45. The van der Waals surface area contributed by atoms with Gasteiger partial charge in [-0.25, -0.2) is 0 Å². The predicted molar refractivity (Wildman–Crippen MR) is 89.1 cm³/mol. The van der Waals surface area contributed by atoms with E-state index >= 15 is 0 Å². The third-order valence-corrected chi connectivity index (χ3v) is 4.37. The van der Waals surface area contributed by atoms with Crippen molar-refractivity contribution in [2.75, 3.05) is 19.4 Å². The molecule has 21 heavy (non-hydrogen) atoms. The molecule has 0 aliphatic rings. The van der Waals surface area contributed by atoms with Crippen LogP contribution in [0.4, 0.5) is 0 Å². The third kappa shape index (κ3) is 4.76. The lowest BCUT2D eigenvalue weighted by Crippen LogP contribution is -2.23. The van der Waals surface area contributed by atoms with Crippen LogP contribution in [0.5, 0.6) is 5.75 Å². The van der Waals surface area contributed by atoms with Crippen LogP contribution in [0.15, 0.2) is 47.6 Å². The lowest BCUT2D eigenvalue weighted by molar-refractivity contribution is 0.411. The van der Waals surface area contributed by atoms with Gasteiger partial charge in [-0.2, -0.15) is 0 Å². The molecular formula is C17H22N2OS. The third-order valence-electron chi connectivity index (χ3n) is 3.26. The molecule has 1 unspecified atom stereocenters. The van der Waals surface area contributed by atoms with Gasteiger partial charge in [0.15, 0.2) is 0 Å². The van der Waals surface area contributed by atoms with Gasteiger partial charge in [0.25, 0.3) is 0 Å². The average molecular weight is 302 g/mol. The summed E-state index contributed by atoms with van der Waals surface area (Å²) in [7, 11) is 1.67. The molecule has 112 valence electrons. The summed E-state index contributed by atoms with van der Waals surface area (Å²) in [6, 6.07) is 11.0. The first-order valence-corrected chi connectivity index (χ1v) is 8.13. The zero-order valence-electron chi connectivity index (χ0n) is 12.8. The number of aryl methyl sites for hydroxylation is 1. The Labute approximate surface area is 131 Å². The molecule has 0 aliphatic heterocycles. The highest BCUT2D eigenvalue weighted by molar-refractivity contribution is 7.99. The zero-order chi connectivity index (χ0) is 15.1. The van der Waals surface area contributed by atoms with Crippen LogP contribution in [0.1, 0.15) is 24.1 Å². The summed E-state index contributed by atoms with van der Waals surface area (Å²) >= 11 is 1.85. The van der Waals surface area contributed by atoms with Crippen molar-refractivity contribution in [2.24, 2.45) is 0 Å². The summed E-state index contributed by atoms with van der Waals surface area (Å²) in [5, 5.41) is 3.52. The van der Waals surface area contributed by atoms with E-state index in [1.54, 1.807) is 13.3 Å². The molecule has 4 heteroatoms. The fraction of sp³-hybridized carbons (Fsp3) is 0.353. The smallest absolute Gasteiger partial charge is 0.137 e. The van der Waals surface area contributed by atoms with Crippen LogP contribution in [-0.2, 0) is 0 Å². The Balaban J connectivity index is 2.05. The van der Waals surface area contributed by atoms with Crippen LogP contribution < -0.4 is 10.1 Å². The first-order chi connectivity index (χ1) is 10.2. The quantitative estimate of drug-likeness (QED) is 0.788. The molecule has 2 aromatic rings. The van der Waals surface area contributed by atoms with Gasteiger partial charge in [-0.15, -0.1) is 11.8 Å². The standard InChI is InChI=1S/C17H22N2OS/c1-4-19-17(14-9-15(20-3)11-18-10-14)12-21-16-7-5-13(2)6-8-16/h5-11,17,19H,4,12H2,1-3H3. The number of methoxy groups -OCH3 is 1. The van der Waals surface area contributed by atoms with Gasteiger partial charge in [0, 0.05) is 22.9 Å². The molecular weight excluding hydrogens is 280 g/mol. The van der Waals surface area contributed by atoms with Crippen molar-refractivity contribution in [1.29, 1.82) is 0 Å². The van der Waals surface area contributed by atoms with Gasteiger partial charge in [-0.1, -0.05) is 24.6 Å². The van der Waals surface area contributed by atoms with Crippen molar-refractivity contribution in [2.45, 2.75) is 24.8 Å². The van der Waals surface area contributed by atoms with Crippen LogP contribution in [0.25, 0.3) is 0 Å². The molecule has 0 spiro atoms. The second kappa shape index (κ2) is 8.05. The maximum absolute atomic E-state index is 5.26. The second-order valence-corrected chi connectivity index (χ2v) is 5.99. The van der Waals surface area contributed by atoms with Crippen molar-refractivity contribution in [1.82, 2.24) is 10.3 Å². The molecule has 1 aromatic heterocycles. The molecule has 3 nitrogen and oxygen atoms in total. The van der Waals surface area contributed by atoms with E-state index < -0.39 is 0 Å². The van der Waals surface area contributed by atoms with Gasteiger partial charge in [-0.3, -0.25) is 4.98 Å². The van der Waals surface area contributed by atoms with Gasteiger partial charge in [0.1, 0.15) is 5.75 Å². The summed E-state index contributed by atoms with van der Waals surface area (Å²) in [4.78, 5) is 5.54. The van der Waals surface area contributed by atoms with Gasteiger partial charge in [0.05, 0.1) is 13.3 Å². The van der Waals surface area contributed by atoms with E-state index in [1.165, 1.54) is 10.5 Å². The zero-order valence-corrected chi connectivity index (χ0v) is 13.6. The van der Waals surface area contributed by atoms with E-state index in [-0.39, 0.29) is 6.04 Å². The maximum Gasteiger partial charge on any atom is 0.137 e. The molecule has 0 saturated heterocycles. The molecule has 1 aromatic carbocycles. The van der Waals surface area contributed by atoms with Crippen LogP contribution in [0, 0.1) is 6.92 Å². The number of hydrogen-bond acceptors (Lipinski definition) is 4. The number of aromatic nitrogens is 1. The lowest BCUT2D eigenvalue weighted by Gasteiger charge is -2.18. The first-order valence-electron chi connectivity index (χ1n) is 7.14. The Kier molecular flexibility index (Phi) is 6.08. The summed E-state index contributed by atoms with van der Waals surface area (Å²) in [5.74, 6) is 1.77. The minimum Gasteiger partial charge on any atom is -0.495 e. The Morgan fingerprint density at radius 1 is 1.24 bits per heavy atom. The molecule has 2 rings (SSSR count). The Morgan fingerprint density at radius 2 is 2.00 bits per heavy atom. The number of rotatable bonds is 7. The van der Waals surface area contributed by atoms with E-state index in [9.17, 15) is 0 Å². The molecule has 0 bridgehead atoms. The van der Waals surface area contributed by atoms with Crippen molar-refractivity contribution in [3.05, 3.63) is 53.9 Å². The van der Waals surface area contributed by atoms with Gasteiger partial charge < -0.3 is 10.1 Å². The summed E-state index contributed by atoms with van der Waals surface area (Å²) in [6.07, 6.45) is 3.64. The summed E-state index contributed by atoms with van der Waals surface area (Å²) < 4.78 is 5.26. The molecule has 1 heterocycles. The minimum absolute atomic E-state index is 0.268. The van der Waals surface area contributed by atoms with Crippen LogP contribution in [0.3, 0.4) is 0 Å². The van der Waals surface area contributed by atoms with Crippen molar-refractivity contribution < 1.29 is 4.74 Å². The number of ether oxygens (including phenoxy) is 1. The SMILES string of the molecule is CCNC(CSc1ccc(C)cc1)c1cncc(OC)c1. The molecule has 0 fully saturated rings. The highest BCUT2D eigenvalue weighted by Gasteiger charge is 2.12. The van der Waals surface area contributed by atoms with Crippen LogP contribution >= 0.6 is 11.8 Å². The largest absolute Gasteiger partial charge is 0.495 e. The Bertz CT molecular complexity index is 557. The maximum atomic E-state index is 5.26. The van der Waals surface area contributed by atoms with E-state index in [0.29, 0.717) is 0 Å². The lowest BCUT2D eigenvalue weighted by atomic mass is 10.1. The average Bonchev–Trinajstić information content (AvgIpc) is 2.53. The van der Waals surface area contributed by atoms with Crippen LogP contribution in [-0.4, -0.2) is 24.4 Å². The topological polar surface area (TPSA) is 34.2 Å². The van der Waals surface area contributed by atoms with Crippen molar-refractivity contribution in [3.8, 4) is 5.75 Å². The predicted octanol–water partition coefficient (Wildman–Crippen LogP) is 3.84. The van der Waals surface area contributed by atoms with Gasteiger partial charge in [0.2, 0.25) is 0 Å². The normalized spacial score (nSPS) is 12.1. The Morgan fingerprint density at radius 3 is 2.67 bits per heavy atom. The molecule has 1 N–H and O–H groups in total. The molecule has 0 saturated carbocycles. The second-order valence-electron chi connectivity index (χ2n) is 4.89. The first kappa shape index (κ1) is 15.9. The monoisotopic (exact) mass is 302 g/mol. The van der Waals surface area contributed by atoms with Gasteiger partial charge >= 0.3 is 0 Å². The van der Waals surface area contributed by atoms with Crippen LogP contribution in [0.2, 0.25) is 0 Å². The van der Waals surface area contributed by atoms with Crippen molar-refractivity contribution >= 4 is 11.8 Å². The van der Waals surface area contributed by atoms with Gasteiger partial charge in [-0.05, 0) is 37.2 Å². The number of nitrogens with zero attached hydrogens (tertiary/aromatic N) is 1. The number of nitrogens with one attached hydrogen (secondary N) is 1. The van der Waals surface area contributed by atoms with E-state index in [1.807, 2.05) is 18.0 Å². The summed E-state index contributed by atoms with van der Waals surface area (Å²) in [6.45, 7) is 5.16. The molecule has 0 amide bonds. The number of thioether (sulfide) groups is 1. The molecule has 0 aliphatic carbocycles. The van der Waals surface area contributed by atoms with E-state index in [0.717, 1.165) is 23.6 Å². The van der Waals surface area contributed by atoms with E-state index in [4.69, 9.17) is 4.74 Å². The van der Waals surface area contributed by atoms with Crippen molar-refractivity contribution in [3.63, 3.8) is 0 Å². The molecule has 1 atom stereocenters. The fourth-order valence-electron chi connectivity index (χ4n) is 2.07. The Hall–Kier alpha value is -1.52. The van der Waals surface area contributed by atoms with E-state index in [2.05, 4.69) is 54.5 Å². The highest BCUT2D eigenvalue weighted by Crippen LogP contribution is 2.26. The highest BCUT2D eigenvalue weighted by atomic mass is 32.2. The number of pyridine rings is 1. The number of hydrogen-bond donors (Lipinski definition) is 1. The fourth-order valence-corrected chi connectivity index (χ4v) is 3.07. The minimum atomic E-state index is 0.268. The molecule has 0 radical (unpaired) electrons.